The standard InChI is InChI=1S/C16H23NO3/c1-4-11-17(12-10-15(18)20-5-2)16(19)14-8-6-13(3)7-9-14/h6-9H,4-5,10-12H2,1-3H3. The van der Waals surface area contributed by atoms with Crippen molar-refractivity contribution in [1.82, 2.24) is 4.90 Å². The van der Waals surface area contributed by atoms with Gasteiger partial charge in [-0.15, -0.1) is 0 Å². The third-order valence-corrected chi connectivity index (χ3v) is 2.97. The highest BCUT2D eigenvalue weighted by Crippen LogP contribution is 2.08. The van der Waals surface area contributed by atoms with E-state index >= 15 is 0 Å². The lowest BCUT2D eigenvalue weighted by atomic mass is 10.1. The monoisotopic (exact) mass is 277 g/mol. The molecule has 0 heterocycles. The number of hydrogen-bond donors (Lipinski definition) is 0. The van der Waals surface area contributed by atoms with Crippen LogP contribution in [0.1, 0.15) is 42.6 Å². The fourth-order valence-electron chi connectivity index (χ4n) is 1.92. The number of carbonyl (C=O) groups excluding carboxylic acids is 2. The average Bonchev–Trinajstić information content (AvgIpc) is 2.44. The molecule has 0 bridgehead atoms. The second kappa shape index (κ2) is 8.35. The summed E-state index contributed by atoms with van der Waals surface area (Å²) in [4.78, 5) is 25.5. The quantitative estimate of drug-likeness (QED) is 0.720. The molecule has 110 valence electrons. The van der Waals surface area contributed by atoms with Crippen molar-refractivity contribution < 1.29 is 14.3 Å². The van der Waals surface area contributed by atoms with E-state index in [1.807, 2.05) is 38.1 Å². The van der Waals surface area contributed by atoms with Gasteiger partial charge in [-0.1, -0.05) is 24.6 Å². The summed E-state index contributed by atoms with van der Waals surface area (Å²) >= 11 is 0. The van der Waals surface area contributed by atoms with E-state index in [9.17, 15) is 9.59 Å². The van der Waals surface area contributed by atoms with Gasteiger partial charge >= 0.3 is 5.97 Å². The van der Waals surface area contributed by atoms with Gasteiger partial charge < -0.3 is 9.64 Å². The normalized spacial score (nSPS) is 10.2. The Hall–Kier alpha value is -1.84. The summed E-state index contributed by atoms with van der Waals surface area (Å²) in [6, 6.07) is 7.49. The van der Waals surface area contributed by atoms with E-state index in [1.54, 1.807) is 11.8 Å². The maximum absolute atomic E-state index is 12.4. The molecule has 0 aliphatic heterocycles. The summed E-state index contributed by atoms with van der Waals surface area (Å²) in [6.07, 6.45) is 1.10. The molecule has 20 heavy (non-hydrogen) atoms. The lowest BCUT2D eigenvalue weighted by Crippen LogP contribution is -2.34. The van der Waals surface area contributed by atoms with E-state index in [0.29, 0.717) is 25.3 Å². The minimum atomic E-state index is -0.259. The van der Waals surface area contributed by atoms with E-state index in [1.165, 1.54) is 0 Å². The number of carbonyl (C=O) groups is 2. The number of rotatable bonds is 7. The summed E-state index contributed by atoms with van der Waals surface area (Å²) in [5, 5.41) is 0. The van der Waals surface area contributed by atoms with Crippen molar-refractivity contribution in [3.05, 3.63) is 35.4 Å². The molecule has 0 atom stereocenters. The molecule has 0 saturated heterocycles. The molecule has 1 aromatic rings. The molecular formula is C16H23NO3. The highest BCUT2D eigenvalue weighted by molar-refractivity contribution is 5.94. The van der Waals surface area contributed by atoms with E-state index < -0.39 is 0 Å². The van der Waals surface area contributed by atoms with Gasteiger partial charge in [0.2, 0.25) is 0 Å². The highest BCUT2D eigenvalue weighted by Gasteiger charge is 2.16. The van der Waals surface area contributed by atoms with Crippen molar-refractivity contribution in [2.75, 3.05) is 19.7 Å². The predicted molar refractivity (Wildman–Crippen MR) is 78.6 cm³/mol. The lowest BCUT2D eigenvalue weighted by Gasteiger charge is -2.21. The Kier molecular flexibility index (Phi) is 6.77. The molecule has 1 rings (SSSR count). The first-order chi connectivity index (χ1) is 9.58. The molecule has 0 aliphatic carbocycles. The third-order valence-electron chi connectivity index (χ3n) is 2.97. The summed E-state index contributed by atoms with van der Waals surface area (Å²) in [5.74, 6) is -0.290. The number of benzene rings is 1. The third kappa shape index (κ3) is 5.03. The summed E-state index contributed by atoms with van der Waals surface area (Å²) < 4.78 is 4.89. The first kappa shape index (κ1) is 16.2. The van der Waals surface area contributed by atoms with Crippen LogP contribution in [0.2, 0.25) is 0 Å². The van der Waals surface area contributed by atoms with E-state index in [0.717, 1.165) is 12.0 Å². The molecule has 1 amide bonds. The van der Waals surface area contributed by atoms with Gasteiger partial charge in [-0.25, -0.2) is 0 Å². The molecule has 0 unspecified atom stereocenters. The van der Waals surface area contributed by atoms with Crippen LogP contribution in [0.5, 0.6) is 0 Å². The van der Waals surface area contributed by atoms with Crippen LogP contribution in [0.25, 0.3) is 0 Å². The molecule has 0 fully saturated rings. The topological polar surface area (TPSA) is 46.6 Å². The average molecular weight is 277 g/mol. The first-order valence-electron chi connectivity index (χ1n) is 7.10. The van der Waals surface area contributed by atoms with Gasteiger partial charge in [-0.3, -0.25) is 9.59 Å². The van der Waals surface area contributed by atoms with Gasteiger partial charge in [0.15, 0.2) is 0 Å². The number of esters is 1. The zero-order valence-electron chi connectivity index (χ0n) is 12.5. The van der Waals surface area contributed by atoms with Gasteiger partial charge in [-0.05, 0) is 32.4 Å². The second-order valence-corrected chi connectivity index (χ2v) is 4.71. The molecule has 0 saturated carbocycles. The van der Waals surface area contributed by atoms with E-state index in [-0.39, 0.29) is 18.3 Å². The van der Waals surface area contributed by atoms with Gasteiger partial charge in [-0.2, -0.15) is 0 Å². The summed E-state index contributed by atoms with van der Waals surface area (Å²) in [7, 11) is 0. The number of amides is 1. The SMILES string of the molecule is CCCN(CCC(=O)OCC)C(=O)c1ccc(C)cc1. The maximum atomic E-state index is 12.4. The van der Waals surface area contributed by atoms with Crippen molar-refractivity contribution in [1.29, 1.82) is 0 Å². The molecule has 0 N–H and O–H groups in total. The molecule has 4 heteroatoms. The van der Waals surface area contributed by atoms with Crippen LogP contribution < -0.4 is 0 Å². The van der Waals surface area contributed by atoms with Gasteiger partial charge in [0, 0.05) is 18.7 Å². The number of nitrogens with zero attached hydrogens (tertiary/aromatic N) is 1. The molecular weight excluding hydrogens is 254 g/mol. The molecule has 0 aromatic heterocycles. The lowest BCUT2D eigenvalue weighted by molar-refractivity contribution is -0.143. The number of aryl methyl sites for hydroxylation is 1. The van der Waals surface area contributed by atoms with Crippen molar-refractivity contribution in [3.8, 4) is 0 Å². The first-order valence-corrected chi connectivity index (χ1v) is 7.10. The van der Waals surface area contributed by atoms with Crippen LogP contribution in [-0.2, 0) is 9.53 Å². The Balaban J connectivity index is 2.67. The Bertz CT molecular complexity index is 440. The van der Waals surface area contributed by atoms with E-state index in [2.05, 4.69) is 0 Å². The fraction of sp³-hybridized carbons (Fsp3) is 0.500. The Morgan fingerprint density at radius 3 is 2.30 bits per heavy atom. The van der Waals surface area contributed by atoms with E-state index in [4.69, 9.17) is 4.74 Å². The smallest absolute Gasteiger partial charge is 0.307 e. The van der Waals surface area contributed by atoms with Gasteiger partial charge in [0.05, 0.1) is 13.0 Å². The van der Waals surface area contributed by atoms with Gasteiger partial charge in [0.25, 0.3) is 5.91 Å². The van der Waals surface area contributed by atoms with Crippen molar-refractivity contribution in [2.24, 2.45) is 0 Å². The van der Waals surface area contributed by atoms with Crippen LogP contribution in [0, 0.1) is 6.92 Å². The van der Waals surface area contributed by atoms with Crippen LogP contribution >= 0.6 is 0 Å². The predicted octanol–water partition coefficient (Wildman–Crippen LogP) is 2.80. The van der Waals surface area contributed by atoms with Crippen LogP contribution in [0.4, 0.5) is 0 Å². The minimum absolute atomic E-state index is 0.0313. The molecule has 0 radical (unpaired) electrons. The summed E-state index contributed by atoms with van der Waals surface area (Å²) in [5.41, 5.74) is 1.78. The largest absolute Gasteiger partial charge is 0.466 e. The maximum Gasteiger partial charge on any atom is 0.307 e. The number of ether oxygens (including phenoxy) is 1. The molecule has 0 aliphatic rings. The second-order valence-electron chi connectivity index (χ2n) is 4.71. The Labute approximate surface area is 120 Å². The van der Waals surface area contributed by atoms with Crippen molar-refractivity contribution in [3.63, 3.8) is 0 Å². The van der Waals surface area contributed by atoms with Crippen molar-refractivity contribution in [2.45, 2.75) is 33.6 Å². The minimum Gasteiger partial charge on any atom is -0.466 e. The molecule has 1 aromatic carbocycles. The zero-order chi connectivity index (χ0) is 15.0. The van der Waals surface area contributed by atoms with Gasteiger partial charge in [0.1, 0.15) is 0 Å². The molecule has 0 spiro atoms. The molecule has 4 nitrogen and oxygen atoms in total. The van der Waals surface area contributed by atoms with Crippen LogP contribution in [0.3, 0.4) is 0 Å². The van der Waals surface area contributed by atoms with Crippen LogP contribution in [0.15, 0.2) is 24.3 Å². The Morgan fingerprint density at radius 1 is 1.10 bits per heavy atom. The summed E-state index contributed by atoms with van der Waals surface area (Å²) in [6.45, 7) is 7.20. The zero-order valence-corrected chi connectivity index (χ0v) is 12.5. The van der Waals surface area contributed by atoms with Crippen LogP contribution in [-0.4, -0.2) is 36.5 Å². The highest BCUT2D eigenvalue weighted by atomic mass is 16.5. The fourth-order valence-corrected chi connectivity index (χ4v) is 1.92. The number of hydrogen-bond acceptors (Lipinski definition) is 3. The van der Waals surface area contributed by atoms with Crippen molar-refractivity contribution >= 4 is 11.9 Å². The Morgan fingerprint density at radius 2 is 1.75 bits per heavy atom.